The maximum absolute atomic E-state index is 13.0. The Morgan fingerprint density at radius 1 is 0.731 bits per heavy atom. The van der Waals surface area contributed by atoms with Crippen LogP contribution in [0.5, 0.6) is 0 Å². The van der Waals surface area contributed by atoms with Crippen molar-refractivity contribution in [3.63, 3.8) is 0 Å². The lowest BCUT2D eigenvalue weighted by molar-refractivity contribution is -0.193. The van der Waals surface area contributed by atoms with Gasteiger partial charge in [0.2, 0.25) is 0 Å². The van der Waals surface area contributed by atoms with Crippen LogP contribution in [0, 0.1) is 0 Å². The van der Waals surface area contributed by atoms with Crippen LogP contribution in [0.1, 0.15) is 5.56 Å². The lowest BCUT2D eigenvalue weighted by atomic mass is 10.0. The minimum atomic E-state index is -5.08. The van der Waals surface area contributed by atoms with Crippen molar-refractivity contribution in [3.8, 4) is 22.4 Å². The highest BCUT2D eigenvalue weighted by Gasteiger charge is 2.39. The monoisotopic (exact) mass is 773 g/mol. The van der Waals surface area contributed by atoms with Gasteiger partial charge < -0.3 is 20.2 Å². The number of alkyl halides is 9. The molecule has 3 N–H and O–H groups in total. The van der Waals surface area contributed by atoms with Gasteiger partial charge in [0, 0.05) is 68.7 Å². The van der Waals surface area contributed by atoms with Crippen molar-refractivity contribution in [1.29, 1.82) is 0 Å². The molecular formula is C30H28F9N5O7S. The maximum atomic E-state index is 13.0. The van der Waals surface area contributed by atoms with Crippen LogP contribution < -0.4 is 5.56 Å². The van der Waals surface area contributed by atoms with E-state index in [1.165, 1.54) is 10.2 Å². The molecule has 1 saturated heterocycles. The molecule has 0 saturated carbocycles. The Labute approximate surface area is 290 Å². The number of fused-ring (bicyclic) bond motifs is 1. The van der Waals surface area contributed by atoms with Crippen molar-refractivity contribution in [2.45, 2.75) is 25.1 Å². The zero-order valence-electron chi connectivity index (χ0n) is 26.8. The van der Waals surface area contributed by atoms with Gasteiger partial charge in [-0.15, -0.1) is 11.3 Å². The van der Waals surface area contributed by atoms with Gasteiger partial charge >= 0.3 is 36.4 Å². The fraction of sp³-hybridized carbons (Fsp3) is 0.333. The molecule has 0 aliphatic carbocycles. The zero-order valence-corrected chi connectivity index (χ0v) is 27.6. The molecular weight excluding hydrogens is 745 g/mol. The summed E-state index contributed by atoms with van der Waals surface area (Å²) in [6.07, 6.45) is -11.7. The molecule has 1 aliphatic rings. The molecule has 1 fully saturated rings. The van der Waals surface area contributed by atoms with E-state index in [0.29, 0.717) is 0 Å². The molecule has 3 aromatic heterocycles. The quantitative estimate of drug-likeness (QED) is 0.228. The molecule has 0 spiro atoms. The first kappa shape index (κ1) is 43.1. The molecule has 1 aromatic carbocycles. The van der Waals surface area contributed by atoms with Crippen molar-refractivity contribution >= 4 is 39.3 Å². The van der Waals surface area contributed by atoms with Crippen LogP contribution in [-0.2, 0) is 28.0 Å². The number of nitrogens with zero attached hydrogens (tertiary/aromatic N) is 5. The van der Waals surface area contributed by atoms with Gasteiger partial charge in [0.1, 0.15) is 5.69 Å². The normalized spacial score (nSPS) is 13.8. The van der Waals surface area contributed by atoms with Gasteiger partial charge in [0.15, 0.2) is 0 Å². The van der Waals surface area contributed by atoms with E-state index >= 15 is 0 Å². The van der Waals surface area contributed by atoms with Crippen LogP contribution >= 0.6 is 11.3 Å². The van der Waals surface area contributed by atoms with Gasteiger partial charge in [0.25, 0.3) is 5.56 Å². The third-order valence-electron chi connectivity index (χ3n) is 6.71. The van der Waals surface area contributed by atoms with Crippen LogP contribution in [0.3, 0.4) is 0 Å². The average molecular weight is 774 g/mol. The SMILES string of the molecule is CN1CCN(Cc2ccc(-c3csc4c(-c5ccncc5)nn(C)c(=O)c34)cc2)CC1.O=C(O)C(F)(F)F.O=C(O)C(F)(F)F.O=C(O)C(F)(F)F. The predicted molar refractivity (Wildman–Crippen MR) is 167 cm³/mol. The topological polar surface area (TPSA) is 166 Å². The maximum Gasteiger partial charge on any atom is 0.490 e. The summed E-state index contributed by atoms with van der Waals surface area (Å²) in [5, 5.41) is 28.7. The second-order valence-corrected chi connectivity index (χ2v) is 11.4. The summed E-state index contributed by atoms with van der Waals surface area (Å²) < 4.78 is 97.6. The van der Waals surface area contributed by atoms with Crippen molar-refractivity contribution in [2.24, 2.45) is 7.05 Å². The molecule has 0 unspecified atom stereocenters. The Bertz CT molecular complexity index is 1810. The van der Waals surface area contributed by atoms with Gasteiger partial charge in [0.05, 0.1) is 10.1 Å². The molecule has 52 heavy (non-hydrogen) atoms. The second kappa shape index (κ2) is 17.9. The van der Waals surface area contributed by atoms with Crippen molar-refractivity contribution < 1.29 is 69.2 Å². The number of carboxylic acid groups (broad SMARTS) is 3. The van der Waals surface area contributed by atoms with Crippen molar-refractivity contribution in [2.75, 3.05) is 33.2 Å². The van der Waals surface area contributed by atoms with E-state index in [0.717, 1.165) is 65.2 Å². The fourth-order valence-electron chi connectivity index (χ4n) is 4.11. The minimum absolute atomic E-state index is 0.0643. The number of aromatic nitrogens is 3. The number of aliphatic carboxylic acids is 3. The van der Waals surface area contributed by atoms with E-state index in [4.69, 9.17) is 29.7 Å². The molecule has 22 heteroatoms. The third-order valence-corrected chi connectivity index (χ3v) is 7.70. The fourth-order valence-corrected chi connectivity index (χ4v) is 5.19. The summed E-state index contributed by atoms with van der Waals surface area (Å²) in [6.45, 7) is 5.42. The highest BCUT2D eigenvalue weighted by molar-refractivity contribution is 7.18. The van der Waals surface area contributed by atoms with Crippen LogP contribution in [0.2, 0.25) is 0 Å². The summed E-state index contributed by atoms with van der Waals surface area (Å²) in [7, 11) is 3.89. The Hall–Kier alpha value is -5.09. The molecule has 5 rings (SSSR count). The van der Waals surface area contributed by atoms with E-state index in [9.17, 15) is 44.3 Å². The van der Waals surface area contributed by atoms with Gasteiger partial charge in [-0.2, -0.15) is 44.6 Å². The van der Waals surface area contributed by atoms with Gasteiger partial charge in [-0.25, -0.2) is 19.1 Å². The summed E-state index contributed by atoms with van der Waals surface area (Å²) in [6, 6.07) is 12.5. The molecule has 1 aliphatic heterocycles. The van der Waals surface area contributed by atoms with Crippen LogP contribution in [0.15, 0.2) is 59.0 Å². The minimum Gasteiger partial charge on any atom is -0.475 e. The highest BCUT2D eigenvalue weighted by atomic mass is 32.1. The molecule has 0 bridgehead atoms. The van der Waals surface area contributed by atoms with E-state index in [-0.39, 0.29) is 5.56 Å². The number of piperazine rings is 1. The number of carboxylic acids is 3. The Morgan fingerprint density at radius 3 is 1.60 bits per heavy atom. The molecule has 4 aromatic rings. The summed E-state index contributed by atoms with van der Waals surface area (Å²) >= 11 is 1.58. The number of benzene rings is 1. The van der Waals surface area contributed by atoms with E-state index < -0.39 is 36.4 Å². The van der Waals surface area contributed by atoms with Crippen LogP contribution in [-0.4, -0.2) is 110 Å². The Balaban J connectivity index is 0.000000365. The van der Waals surface area contributed by atoms with Crippen molar-refractivity contribution in [1.82, 2.24) is 24.6 Å². The van der Waals surface area contributed by atoms with Gasteiger partial charge in [-0.05, 0) is 30.3 Å². The van der Waals surface area contributed by atoms with Crippen LogP contribution in [0.25, 0.3) is 32.5 Å². The molecule has 4 heterocycles. The molecule has 284 valence electrons. The number of rotatable bonds is 4. The Kier molecular flexibility index (Phi) is 14.8. The van der Waals surface area contributed by atoms with Gasteiger partial charge in [-0.1, -0.05) is 24.3 Å². The smallest absolute Gasteiger partial charge is 0.475 e. The molecule has 12 nitrogen and oxygen atoms in total. The number of thiophene rings is 1. The standard InChI is InChI=1S/C24H25N5OS.3C2HF3O2/c1-27-11-13-29(14-12-27)15-17-3-5-18(6-4-17)20-16-31-23-21(20)24(30)28(2)26-22(23)19-7-9-25-10-8-19;3*3-2(4,5)1(6)7/h3-10,16H,11-15H2,1-2H3;3*(H,6,7). The largest absolute Gasteiger partial charge is 0.490 e. The first-order valence-corrected chi connectivity index (χ1v) is 15.1. The number of hydrogen-bond acceptors (Lipinski definition) is 9. The average Bonchev–Trinajstić information content (AvgIpc) is 3.50. The number of pyridine rings is 1. The summed E-state index contributed by atoms with van der Waals surface area (Å²) in [4.78, 5) is 48.7. The third kappa shape index (κ3) is 12.9. The Morgan fingerprint density at radius 2 is 1.17 bits per heavy atom. The summed E-state index contributed by atoms with van der Waals surface area (Å²) in [5.74, 6) is -8.27. The number of aryl methyl sites for hydroxylation is 1. The first-order valence-electron chi connectivity index (χ1n) is 14.2. The van der Waals surface area contributed by atoms with E-state index in [1.807, 2.05) is 12.1 Å². The lowest BCUT2D eigenvalue weighted by Crippen LogP contribution is -2.43. The molecule has 0 amide bonds. The molecule has 0 radical (unpaired) electrons. The lowest BCUT2D eigenvalue weighted by Gasteiger charge is -2.32. The van der Waals surface area contributed by atoms with Crippen LogP contribution in [0.4, 0.5) is 39.5 Å². The predicted octanol–water partition coefficient (Wildman–Crippen LogP) is 5.37. The molecule has 0 atom stereocenters. The van der Waals surface area contributed by atoms with Gasteiger partial charge in [-0.3, -0.25) is 14.7 Å². The van der Waals surface area contributed by atoms with Crippen molar-refractivity contribution in [3.05, 3.63) is 70.1 Å². The first-order chi connectivity index (χ1) is 23.9. The number of hydrogen-bond donors (Lipinski definition) is 3. The van der Waals surface area contributed by atoms with E-state index in [1.54, 1.807) is 30.8 Å². The highest BCUT2D eigenvalue weighted by Crippen LogP contribution is 2.36. The van der Waals surface area contributed by atoms with E-state index in [2.05, 4.69) is 56.6 Å². The number of carbonyl (C=O) groups is 3. The number of halogens is 9. The summed E-state index contributed by atoms with van der Waals surface area (Å²) in [5.41, 5.74) is 5.07. The number of likely N-dealkylation sites (N-methyl/N-ethyl adjacent to an activating group) is 1. The zero-order chi connectivity index (χ0) is 39.6. The second-order valence-electron chi connectivity index (χ2n) is 10.6.